The van der Waals surface area contributed by atoms with Crippen molar-refractivity contribution in [3.8, 4) is 0 Å². The van der Waals surface area contributed by atoms with Crippen molar-refractivity contribution in [3.05, 3.63) is 29.0 Å². The van der Waals surface area contributed by atoms with Crippen LogP contribution in [0.15, 0.2) is 24.0 Å². The van der Waals surface area contributed by atoms with Gasteiger partial charge in [0.2, 0.25) is 0 Å². The van der Waals surface area contributed by atoms with Crippen LogP contribution in [0, 0.1) is 0 Å². The average molecular weight is 263 g/mol. The van der Waals surface area contributed by atoms with E-state index in [9.17, 15) is 0 Å². The van der Waals surface area contributed by atoms with Gasteiger partial charge in [0, 0.05) is 24.2 Å². The molecule has 0 fully saturated rings. The van der Waals surface area contributed by atoms with Crippen LogP contribution in [0.1, 0.15) is 25.8 Å². The van der Waals surface area contributed by atoms with Gasteiger partial charge < -0.3 is 10.6 Å². The molecule has 0 saturated heterocycles. The number of rotatable bonds is 5. The monoisotopic (exact) mass is 263 g/mol. The molecule has 0 aromatic carbocycles. The second kappa shape index (κ2) is 5.30. The molecule has 2 aromatic heterocycles. The van der Waals surface area contributed by atoms with Crippen molar-refractivity contribution < 1.29 is 0 Å². The summed E-state index contributed by atoms with van der Waals surface area (Å²) in [5.41, 5.74) is -0.244. The minimum atomic E-state index is -0.244. The molecular weight excluding hydrogens is 246 g/mol. The molecular formula is C12H17N5S. The van der Waals surface area contributed by atoms with Crippen molar-refractivity contribution in [1.29, 1.82) is 0 Å². The highest BCUT2D eigenvalue weighted by Gasteiger charge is 2.23. The highest BCUT2D eigenvalue weighted by atomic mass is 32.1. The Morgan fingerprint density at radius 1 is 1.22 bits per heavy atom. The van der Waals surface area contributed by atoms with E-state index < -0.39 is 0 Å². The summed E-state index contributed by atoms with van der Waals surface area (Å²) in [4.78, 5) is 12.7. The van der Waals surface area contributed by atoms with E-state index in [0.717, 1.165) is 23.2 Å². The van der Waals surface area contributed by atoms with Gasteiger partial charge in [0.15, 0.2) is 0 Å². The Kier molecular flexibility index (Phi) is 3.76. The molecule has 18 heavy (non-hydrogen) atoms. The summed E-state index contributed by atoms with van der Waals surface area (Å²) < 4.78 is 0. The molecule has 6 heteroatoms. The topological polar surface area (TPSA) is 62.7 Å². The van der Waals surface area contributed by atoms with Crippen molar-refractivity contribution in [3.63, 3.8) is 0 Å². The van der Waals surface area contributed by atoms with Gasteiger partial charge in [-0.3, -0.25) is 0 Å². The van der Waals surface area contributed by atoms with Gasteiger partial charge in [0.1, 0.15) is 23.0 Å². The first-order valence-corrected chi connectivity index (χ1v) is 6.74. The zero-order valence-corrected chi connectivity index (χ0v) is 11.6. The van der Waals surface area contributed by atoms with Crippen LogP contribution in [0.25, 0.3) is 0 Å². The van der Waals surface area contributed by atoms with E-state index in [2.05, 4.69) is 39.4 Å². The van der Waals surface area contributed by atoms with Gasteiger partial charge in [-0.2, -0.15) is 0 Å². The molecule has 0 radical (unpaired) electrons. The van der Waals surface area contributed by atoms with Crippen LogP contribution in [-0.2, 0) is 5.54 Å². The van der Waals surface area contributed by atoms with E-state index in [1.54, 1.807) is 17.7 Å². The van der Waals surface area contributed by atoms with Gasteiger partial charge in [-0.15, -0.1) is 11.3 Å². The van der Waals surface area contributed by atoms with E-state index in [0.29, 0.717) is 0 Å². The average Bonchev–Trinajstić information content (AvgIpc) is 2.83. The smallest absolute Gasteiger partial charge is 0.132 e. The van der Waals surface area contributed by atoms with Crippen molar-refractivity contribution in [2.45, 2.75) is 26.3 Å². The molecule has 0 aliphatic heterocycles. The summed E-state index contributed by atoms with van der Waals surface area (Å²) in [6, 6.07) is 1.90. The lowest BCUT2D eigenvalue weighted by Gasteiger charge is -2.24. The molecule has 0 amide bonds. The van der Waals surface area contributed by atoms with E-state index in [4.69, 9.17) is 0 Å². The van der Waals surface area contributed by atoms with Crippen LogP contribution >= 0.6 is 11.3 Å². The molecule has 0 unspecified atom stereocenters. The molecule has 0 bridgehead atoms. The molecule has 96 valence electrons. The molecule has 2 N–H and O–H groups in total. The summed E-state index contributed by atoms with van der Waals surface area (Å²) in [7, 11) is 0. The Bertz CT molecular complexity index is 495. The Morgan fingerprint density at radius 3 is 2.67 bits per heavy atom. The van der Waals surface area contributed by atoms with Crippen LogP contribution in [0.2, 0.25) is 0 Å². The van der Waals surface area contributed by atoms with Gasteiger partial charge in [-0.05, 0) is 20.8 Å². The maximum atomic E-state index is 4.34. The molecule has 0 atom stereocenters. The molecule has 2 aromatic rings. The summed E-state index contributed by atoms with van der Waals surface area (Å²) in [5.74, 6) is 1.62. The van der Waals surface area contributed by atoms with Gasteiger partial charge >= 0.3 is 0 Å². The fourth-order valence-electron chi connectivity index (χ4n) is 1.61. The minimum Gasteiger partial charge on any atom is -0.370 e. The fourth-order valence-corrected chi connectivity index (χ4v) is 2.33. The minimum absolute atomic E-state index is 0.244. The Balaban J connectivity index is 2.16. The summed E-state index contributed by atoms with van der Waals surface area (Å²) in [5, 5.41) is 9.55. The molecule has 0 saturated carbocycles. The third kappa shape index (κ3) is 2.95. The number of thiazole rings is 1. The predicted octanol–water partition coefficient (Wildman–Crippen LogP) is 2.71. The first-order valence-electron chi connectivity index (χ1n) is 5.86. The van der Waals surface area contributed by atoms with Gasteiger partial charge in [-0.1, -0.05) is 0 Å². The van der Waals surface area contributed by atoms with Crippen LogP contribution in [-0.4, -0.2) is 21.5 Å². The highest BCUT2D eigenvalue weighted by molar-refractivity contribution is 7.09. The summed E-state index contributed by atoms with van der Waals surface area (Å²) in [6.45, 7) is 7.04. The second-order valence-electron chi connectivity index (χ2n) is 4.41. The third-order valence-electron chi connectivity index (χ3n) is 2.43. The maximum Gasteiger partial charge on any atom is 0.132 e. The van der Waals surface area contributed by atoms with E-state index in [1.807, 2.05) is 24.6 Å². The lowest BCUT2D eigenvalue weighted by molar-refractivity contribution is 0.600. The van der Waals surface area contributed by atoms with Gasteiger partial charge in [-0.25, -0.2) is 15.0 Å². The molecule has 5 nitrogen and oxygen atoms in total. The van der Waals surface area contributed by atoms with Crippen molar-refractivity contribution in [2.75, 3.05) is 17.2 Å². The zero-order chi connectivity index (χ0) is 13.0. The summed E-state index contributed by atoms with van der Waals surface area (Å²) >= 11 is 1.63. The standard InChI is InChI=1S/C12H17N5S/c1-4-13-9-7-10(16-8-15-9)17-12(2,3)11-14-5-6-18-11/h5-8H,4H2,1-3H3,(H2,13,15,16,17). The van der Waals surface area contributed by atoms with Crippen LogP contribution in [0.3, 0.4) is 0 Å². The van der Waals surface area contributed by atoms with Gasteiger partial charge in [0.05, 0.1) is 5.54 Å². The summed E-state index contributed by atoms with van der Waals surface area (Å²) in [6.07, 6.45) is 3.37. The van der Waals surface area contributed by atoms with Crippen LogP contribution in [0.5, 0.6) is 0 Å². The number of nitrogens with one attached hydrogen (secondary N) is 2. The lowest BCUT2D eigenvalue weighted by Crippen LogP contribution is -2.28. The lowest BCUT2D eigenvalue weighted by atomic mass is 10.1. The van der Waals surface area contributed by atoms with Crippen molar-refractivity contribution >= 4 is 23.0 Å². The van der Waals surface area contributed by atoms with Crippen LogP contribution in [0.4, 0.5) is 11.6 Å². The molecule has 0 aliphatic rings. The largest absolute Gasteiger partial charge is 0.370 e. The molecule has 0 spiro atoms. The maximum absolute atomic E-state index is 4.34. The first kappa shape index (κ1) is 12.8. The normalized spacial score (nSPS) is 11.3. The van der Waals surface area contributed by atoms with Crippen LogP contribution < -0.4 is 10.6 Å². The predicted molar refractivity (Wildman–Crippen MR) is 75.0 cm³/mol. The number of nitrogens with zero attached hydrogens (tertiary/aromatic N) is 3. The first-order chi connectivity index (χ1) is 8.62. The molecule has 2 rings (SSSR count). The molecule has 0 aliphatic carbocycles. The third-order valence-corrected chi connectivity index (χ3v) is 3.53. The van der Waals surface area contributed by atoms with E-state index in [1.165, 1.54) is 0 Å². The Hall–Kier alpha value is -1.69. The zero-order valence-electron chi connectivity index (χ0n) is 10.8. The fraction of sp³-hybridized carbons (Fsp3) is 0.417. The highest BCUT2D eigenvalue weighted by Crippen LogP contribution is 2.26. The molecule has 2 heterocycles. The number of anilines is 2. The van der Waals surface area contributed by atoms with Crippen molar-refractivity contribution in [2.24, 2.45) is 0 Å². The second-order valence-corrected chi connectivity index (χ2v) is 5.30. The van der Waals surface area contributed by atoms with Gasteiger partial charge in [0.25, 0.3) is 0 Å². The Labute approximate surface area is 111 Å². The number of hydrogen-bond donors (Lipinski definition) is 2. The quantitative estimate of drug-likeness (QED) is 0.868. The Morgan fingerprint density at radius 2 is 2.00 bits per heavy atom. The SMILES string of the molecule is CCNc1cc(NC(C)(C)c2nccs2)ncn1. The van der Waals surface area contributed by atoms with E-state index in [-0.39, 0.29) is 5.54 Å². The number of aromatic nitrogens is 3. The van der Waals surface area contributed by atoms with Crippen molar-refractivity contribution in [1.82, 2.24) is 15.0 Å². The van der Waals surface area contributed by atoms with E-state index >= 15 is 0 Å². The number of hydrogen-bond acceptors (Lipinski definition) is 6.